The summed E-state index contributed by atoms with van der Waals surface area (Å²) in [5, 5.41) is 3.33. The number of rotatable bonds is 3. The lowest BCUT2D eigenvalue weighted by atomic mass is 9.80. The van der Waals surface area contributed by atoms with E-state index in [2.05, 4.69) is 5.32 Å². The molecule has 0 aliphatic carbocycles. The van der Waals surface area contributed by atoms with Crippen LogP contribution >= 0.6 is 0 Å². The van der Waals surface area contributed by atoms with Crippen molar-refractivity contribution in [1.82, 2.24) is 0 Å². The number of carbonyl (C=O) groups excluding carboxylic acids is 2. The first-order valence-electron chi connectivity index (χ1n) is 7.58. The Hall–Kier alpha value is -2.62. The van der Waals surface area contributed by atoms with E-state index >= 15 is 0 Å². The predicted octanol–water partition coefficient (Wildman–Crippen LogP) is 3.46. The van der Waals surface area contributed by atoms with Gasteiger partial charge >= 0.3 is 0 Å². The average Bonchev–Trinajstić information content (AvgIpc) is 2.53. The van der Waals surface area contributed by atoms with Gasteiger partial charge in [0.25, 0.3) is 0 Å². The molecule has 2 aromatic rings. The third-order valence-corrected chi connectivity index (χ3v) is 4.29. The molecule has 3 rings (SSSR count). The Morgan fingerprint density at radius 2 is 1.70 bits per heavy atom. The van der Waals surface area contributed by atoms with Gasteiger partial charge in [-0.3, -0.25) is 9.59 Å². The van der Waals surface area contributed by atoms with Gasteiger partial charge in [0.05, 0.1) is 5.69 Å². The molecule has 4 heteroatoms. The summed E-state index contributed by atoms with van der Waals surface area (Å²) in [6, 6.07) is 14.6. The zero-order chi connectivity index (χ0) is 16.6. The normalized spacial score (nSPS) is 18.3. The van der Waals surface area contributed by atoms with Crippen LogP contribution in [0.1, 0.15) is 31.0 Å². The fourth-order valence-electron chi connectivity index (χ4n) is 3.08. The van der Waals surface area contributed by atoms with E-state index in [1.807, 2.05) is 55.5 Å². The van der Waals surface area contributed by atoms with E-state index in [0.29, 0.717) is 5.75 Å². The average molecular weight is 309 g/mol. The number of ketones is 2. The molecule has 0 bridgehead atoms. The Balaban J connectivity index is 2.20. The Labute approximate surface area is 135 Å². The van der Waals surface area contributed by atoms with Gasteiger partial charge < -0.3 is 10.1 Å². The van der Waals surface area contributed by atoms with Crippen molar-refractivity contribution in [2.75, 3.05) is 5.32 Å². The van der Waals surface area contributed by atoms with Crippen LogP contribution in [0.5, 0.6) is 5.75 Å². The second-order valence-electron chi connectivity index (χ2n) is 5.94. The Morgan fingerprint density at radius 1 is 1.04 bits per heavy atom. The van der Waals surface area contributed by atoms with Crippen LogP contribution in [0.15, 0.2) is 48.5 Å². The molecule has 118 valence electrons. The summed E-state index contributed by atoms with van der Waals surface area (Å²) in [5.74, 6) is -0.0837. The first kappa shape index (κ1) is 15.3. The Bertz CT molecular complexity index is 753. The van der Waals surface area contributed by atoms with Crippen LogP contribution in [0, 0.1) is 6.92 Å². The van der Waals surface area contributed by atoms with Crippen molar-refractivity contribution in [2.45, 2.75) is 32.4 Å². The minimum absolute atomic E-state index is 0.307. The van der Waals surface area contributed by atoms with E-state index in [1.165, 1.54) is 13.8 Å². The van der Waals surface area contributed by atoms with E-state index in [-0.39, 0.29) is 11.6 Å². The molecule has 0 saturated heterocycles. The Kier molecular flexibility index (Phi) is 3.68. The lowest BCUT2D eigenvalue weighted by Crippen LogP contribution is -2.58. The molecule has 1 aliphatic heterocycles. The van der Waals surface area contributed by atoms with Crippen LogP contribution in [0.4, 0.5) is 5.69 Å². The summed E-state index contributed by atoms with van der Waals surface area (Å²) in [7, 11) is 0. The van der Waals surface area contributed by atoms with Crippen LogP contribution in [0.2, 0.25) is 0 Å². The fourth-order valence-corrected chi connectivity index (χ4v) is 3.08. The van der Waals surface area contributed by atoms with Crippen molar-refractivity contribution in [3.8, 4) is 5.75 Å². The summed E-state index contributed by atoms with van der Waals surface area (Å²) in [5.41, 5.74) is 1.07. The van der Waals surface area contributed by atoms with Crippen LogP contribution in [0.25, 0.3) is 0 Å². The largest absolute Gasteiger partial charge is 0.467 e. The zero-order valence-electron chi connectivity index (χ0n) is 13.4. The monoisotopic (exact) mass is 309 g/mol. The number of Topliss-reactive ketones (excluding diaryl/α,β-unsaturated/α-hetero) is 2. The Morgan fingerprint density at radius 3 is 2.30 bits per heavy atom. The van der Waals surface area contributed by atoms with Gasteiger partial charge in [-0.25, -0.2) is 0 Å². The summed E-state index contributed by atoms with van der Waals surface area (Å²) < 4.78 is 6.03. The molecule has 1 heterocycles. The van der Waals surface area contributed by atoms with Crippen LogP contribution in [-0.2, 0) is 9.59 Å². The van der Waals surface area contributed by atoms with E-state index in [0.717, 1.165) is 16.8 Å². The number of hydrogen-bond acceptors (Lipinski definition) is 4. The molecule has 1 N–H and O–H groups in total. The molecule has 0 saturated carbocycles. The molecule has 0 aromatic heterocycles. The topological polar surface area (TPSA) is 55.4 Å². The number of aryl methyl sites for hydroxylation is 1. The van der Waals surface area contributed by atoms with Gasteiger partial charge in [-0.1, -0.05) is 36.4 Å². The van der Waals surface area contributed by atoms with Gasteiger partial charge in [0.2, 0.25) is 5.60 Å². The third-order valence-electron chi connectivity index (χ3n) is 4.29. The van der Waals surface area contributed by atoms with Gasteiger partial charge in [-0.05, 0) is 44.0 Å². The zero-order valence-corrected chi connectivity index (χ0v) is 13.4. The quantitative estimate of drug-likeness (QED) is 0.882. The molecular formula is C19H19NO3. The summed E-state index contributed by atoms with van der Waals surface area (Å²) in [6.45, 7) is 4.75. The molecule has 4 nitrogen and oxygen atoms in total. The van der Waals surface area contributed by atoms with E-state index in [9.17, 15) is 9.59 Å². The van der Waals surface area contributed by atoms with Gasteiger partial charge in [0.1, 0.15) is 11.8 Å². The SMILES string of the molecule is CC(=O)C1(C(C)=O)Oc2cc(C)ccc2N[C@@H]1c1ccccc1. The summed E-state index contributed by atoms with van der Waals surface area (Å²) >= 11 is 0. The number of anilines is 1. The number of hydrogen-bond donors (Lipinski definition) is 1. The lowest BCUT2D eigenvalue weighted by Gasteiger charge is -2.42. The number of nitrogens with one attached hydrogen (secondary N) is 1. The minimum atomic E-state index is -1.55. The van der Waals surface area contributed by atoms with Gasteiger partial charge in [-0.15, -0.1) is 0 Å². The summed E-state index contributed by atoms with van der Waals surface area (Å²) in [6.07, 6.45) is 0. The molecule has 1 atom stereocenters. The van der Waals surface area contributed by atoms with Crippen LogP contribution in [0.3, 0.4) is 0 Å². The highest BCUT2D eigenvalue weighted by Gasteiger charge is 2.53. The van der Waals surface area contributed by atoms with Crippen molar-refractivity contribution in [2.24, 2.45) is 0 Å². The maximum atomic E-state index is 12.5. The maximum absolute atomic E-state index is 12.5. The second kappa shape index (κ2) is 5.54. The highest BCUT2D eigenvalue weighted by molar-refractivity contribution is 6.11. The van der Waals surface area contributed by atoms with Crippen molar-refractivity contribution >= 4 is 17.3 Å². The molecule has 0 radical (unpaired) electrons. The highest BCUT2D eigenvalue weighted by Crippen LogP contribution is 2.44. The van der Waals surface area contributed by atoms with Crippen LogP contribution in [-0.4, -0.2) is 17.2 Å². The molecule has 1 aliphatic rings. The second-order valence-corrected chi connectivity index (χ2v) is 5.94. The van der Waals surface area contributed by atoms with E-state index in [4.69, 9.17) is 4.74 Å². The highest BCUT2D eigenvalue weighted by atomic mass is 16.5. The van der Waals surface area contributed by atoms with E-state index < -0.39 is 11.6 Å². The molecule has 2 aromatic carbocycles. The molecule has 0 fully saturated rings. The van der Waals surface area contributed by atoms with Gasteiger partial charge in [-0.2, -0.15) is 0 Å². The standard InChI is InChI=1S/C19H19NO3/c1-12-9-10-16-17(11-12)23-19(13(2)21,14(3)22)18(20-16)15-7-5-4-6-8-15/h4-11,18,20H,1-3H3/t18-/m1/s1. The lowest BCUT2D eigenvalue weighted by molar-refractivity contribution is -0.147. The third kappa shape index (κ3) is 2.40. The predicted molar refractivity (Wildman–Crippen MR) is 88.7 cm³/mol. The number of ether oxygens (including phenoxy) is 1. The van der Waals surface area contributed by atoms with Gasteiger partial charge in [0, 0.05) is 0 Å². The smallest absolute Gasteiger partial charge is 0.247 e. The molecule has 0 spiro atoms. The van der Waals surface area contributed by atoms with E-state index in [1.54, 1.807) is 0 Å². The number of fused-ring (bicyclic) bond motifs is 1. The van der Waals surface area contributed by atoms with Crippen LogP contribution < -0.4 is 10.1 Å². The van der Waals surface area contributed by atoms with Gasteiger partial charge in [0.15, 0.2) is 11.6 Å². The first-order chi connectivity index (χ1) is 10.9. The molecular weight excluding hydrogens is 290 g/mol. The van der Waals surface area contributed by atoms with Crippen molar-refractivity contribution < 1.29 is 14.3 Å². The number of benzene rings is 2. The molecule has 23 heavy (non-hydrogen) atoms. The number of carbonyl (C=O) groups is 2. The first-order valence-corrected chi connectivity index (χ1v) is 7.58. The van der Waals surface area contributed by atoms with Crippen molar-refractivity contribution in [1.29, 1.82) is 0 Å². The fraction of sp³-hybridized carbons (Fsp3) is 0.263. The molecule has 0 amide bonds. The van der Waals surface area contributed by atoms with Crippen molar-refractivity contribution in [3.05, 3.63) is 59.7 Å². The summed E-state index contributed by atoms with van der Waals surface area (Å²) in [4.78, 5) is 24.9. The minimum Gasteiger partial charge on any atom is -0.467 e. The maximum Gasteiger partial charge on any atom is 0.247 e. The molecule has 0 unspecified atom stereocenters. The van der Waals surface area contributed by atoms with Crippen molar-refractivity contribution in [3.63, 3.8) is 0 Å².